The number of aliphatic carboxylic acids is 1. The largest absolute Gasteiger partial charge is 0.481 e. The van der Waals surface area contributed by atoms with Gasteiger partial charge in [-0.1, -0.05) is 0 Å². The number of amides is 1. The number of carbonyl (C=O) groups excluding carboxylic acids is 1. The van der Waals surface area contributed by atoms with Crippen molar-refractivity contribution in [3.05, 3.63) is 0 Å². The molecule has 0 aromatic carbocycles. The van der Waals surface area contributed by atoms with Gasteiger partial charge in [-0.05, 0) is 24.7 Å². The number of hydrogen-bond donors (Lipinski definition) is 1. The van der Waals surface area contributed by atoms with Gasteiger partial charge in [-0.15, -0.1) is 0 Å². The van der Waals surface area contributed by atoms with Gasteiger partial charge in [0.2, 0.25) is 0 Å². The van der Waals surface area contributed by atoms with Gasteiger partial charge in [-0.2, -0.15) is 13.2 Å². The minimum absolute atomic E-state index is 0.00211. The average Bonchev–Trinajstić information content (AvgIpc) is 2.92. The van der Waals surface area contributed by atoms with Crippen LogP contribution in [0.15, 0.2) is 0 Å². The van der Waals surface area contributed by atoms with E-state index in [4.69, 9.17) is 5.11 Å². The van der Waals surface area contributed by atoms with Gasteiger partial charge < -0.3 is 10.0 Å². The van der Waals surface area contributed by atoms with Crippen molar-refractivity contribution < 1.29 is 27.9 Å². The SMILES string of the molecule is O=C(O)C1CC12CCN(C(=O)C(F)(F)F)CC2. The van der Waals surface area contributed by atoms with E-state index in [-0.39, 0.29) is 18.5 Å². The summed E-state index contributed by atoms with van der Waals surface area (Å²) in [5.74, 6) is -3.15. The van der Waals surface area contributed by atoms with Gasteiger partial charge in [0.15, 0.2) is 0 Å². The molecule has 0 radical (unpaired) electrons. The van der Waals surface area contributed by atoms with Crippen LogP contribution in [0.2, 0.25) is 0 Å². The standard InChI is InChI=1S/C10H12F3NO3/c11-10(12,13)8(17)14-3-1-9(2-4-14)5-6(9)7(15)16/h6H,1-5H2,(H,15,16). The van der Waals surface area contributed by atoms with Crippen LogP contribution in [0.25, 0.3) is 0 Å². The Morgan fingerprint density at radius 3 is 2.12 bits per heavy atom. The summed E-state index contributed by atoms with van der Waals surface area (Å²) in [5.41, 5.74) is -0.353. The molecule has 1 spiro atoms. The third-order valence-electron chi connectivity index (χ3n) is 3.78. The lowest BCUT2D eigenvalue weighted by Crippen LogP contribution is -2.46. The number of likely N-dealkylation sites (tertiary alicyclic amines) is 1. The summed E-state index contributed by atoms with van der Waals surface area (Å²) in [4.78, 5) is 22.5. The molecule has 2 rings (SSSR count). The fourth-order valence-corrected chi connectivity index (χ4v) is 2.58. The zero-order valence-corrected chi connectivity index (χ0v) is 8.96. The molecule has 2 fully saturated rings. The summed E-state index contributed by atoms with van der Waals surface area (Å²) < 4.78 is 36.5. The van der Waals surface area contributed by atoms with Crippen LogP contribution in [-0.2, 0) is 9.59 Å². The number of piperidine rings is 1. The monoisotopic (exact) mass is 251 g/mol. The minimum atomic E-state index is -4.83. The van der Waals surface area contributed by atoms with Crippen LogP contribution in [0.1, 0.15) is 19.3 Å². The van der Waals surface area contributed by atoms with Crippen molar-refractivity contribution >= 4 is 11.9 Å². The van der Waals surface area contributed by atoms with Gasteiger partial charge in [0.25, 0.3) is 0 Å². The Balaban J connectivity index is 1.92. The first-order valence-electron chi connectivity index (χ1n) is 5.35. The molecule has 1 heterocycles. The minimum Gasteiger partial charge on any atom is -0.481 e. The van der Waals surface area contributed by atoms with Gasteiger partial charge in [-0.3, -0.25) is 9.59 Å². The molecule has 17 heavy (non-hydrogen) atoms. The van der Waals surface area contributed by atoms with Crippen LogP contribution in [0.3, 0.4) is 0 Å². The second-order valence-corrected chi connectivity index (χ2v) is 4.75. The second-order valence-electron chi connectivity index (χ2n) is 4.75. The summed E-state index contributed by atoms with van der Waals surface area (Å²) in [6.45, 7) is 0.00421. The van der Waals surface area contributed by atoms with Crippen LogP contribution in [-0.4, -0.2) is 41.1 Å². The van der Waals surface area contributed by atoms with E-state index in [2.05, 4.69) is 0 Å². The summed E-state index contributed by atoms with van der Waals surface area (Å²) in [6, 6.07) is 0. The number of hydrogen-bond acceptors (Lipinski definition) is 2. The van der Waals surface area contributed by atoms with E-state index in [1.54, 1.807) is 0 Å². The molecule has 1 amide bonds. The molecule has 96 valence electrons. The Bertz CT molecular complexity index is 358. The van der Waals surface area contributed by atoms with E-state index in [1.165, 1.54) is 0 Å². The fourth-order valence-electron chi connectivity index (χ4n) is 2.58. The van der Waals surface area contributed by atoms with Crippen molar-refractivity contribution in [2.24, 2.45) is 11.3 Å². The Kier molecular flexibility index (Phi) is 2.59. The summed E-state index contributed by atoms with van der Waals surface area (Å²) in [5, 5.41) is 8.81. The Morgan fingerprint density at radius 1 is 1.24 bits per heavy atom. The van der Waals surface area contributed by atoms with Crippen molar-refractivity contribution in [3.63, 3.8) is 0 Å². The van der Waals surface area contributed by atoms with E-state index in [1.807, 2.05) is 0 Å². The fraction of sp³-hybridized carbons (Fsp3) is 0.800. The van der Waals surface area contributed by atoms with Gasteiger partial charge in [-0.25, -0.2) is 0 Å². The maximum absolute atomic E-state index is 12.2. The van der Waals surface area contributed by atoms with E-state index in [9.17, 15) is 22.8 Å². The molecule has 0 bridgehead atoms. The number of halogens is 3. The normalized spacial score (nSPS) is 27.0. The molecule has 4 nitrogen and oxygen atoms in total. The molecule has 1 N–H and O–H groups in total. The van der Waals surface area contributed by atoms with Crippen molar-refractivity contribution in [2.75, 3.05) is 13.1 Å². The van der Waals surface area contributed by atoms with E-state index in [0.29, 0.717) is 19.3 Å². The Hall–Kier alpha value is -1.27. The number of alkyl halides is 3. The predicted octanol–water partition coefficient (Wildman–Crippen LogP) is 1.26. The molecule has 0 aromatic heterocycles. The zero-order chi connectivity index (χ0) is 12.8. The van der Waals surface area contributed by atoms with Crippen LogP contribution < -0.4 is 0 Å². The molecule has 1 aliphatic carbocycles. The van der Waals surface area contributed by atoms with E-state index < -0.39 is 24.0 Å². The van der Waals surface area contributed by atoms with E-state index >= 15 is 0 Å². The first-order valence-corrected chi connectivity index (χ1v) is 5.35. The van der Waals surface area contributed by atoms with Gasteiger partial charge >= 0.3 is 18.1 Å². The van der Waals surface area contributed by atoms with Crippen LogP contribution in [0, 0.1) is 11.3 Å². The highest BCUT2D eigenvalue weighted by Crippen LogP contribution is 2.59. The van der Waals surface area contributed by atoms with Crippen LogP contribution in [0.4, 0.5) is 13.2 Å². The summed E-state index contributed by atoms with van der Waals surface area (Å²) in [7, 11) is 0. The maximum Gasteiger partial charge on any atom is 0.471 e. The predicted molar refractivity (Wildman–Crippen MR) is 50.0 cm³/mol. The molecule has 1 aliphatic heterocycles. The third kappa shape index (κ3) is 2.10. The average molecular weight is 251 g/mol. The van der Waals surface area contributed by atoms with Crippen molar-refractivity contribution in [1.29, 1.82) is 0 Å². The Labute approximate surface area is 95.4 Å². The number of carboxylic acids is 1. The third-order valence-corrected chi connectivity index (χ3v) is 3.78. The molecule has 1 atom stereocenters. The molecule has 2 aliphatic rings. The lowest BCUT2D eigenvalue weighted by atomic mass is 9.91. The highest BCUT2D eigenvalue weighted by atomic mass is 19.4. The summed E-state index contributed by atoms with van der Waals surface area (Å²) >= 11 is 0. The maximum atomic E-state index is 12.2. The zero-order valence-electron chi connectivity index (χ0n) is 8.96. The number of carboxylic acid groups (broad SMARTS) is 1. The highest BCUT2D eigenvalue weighted by molar-refractivity contribution is 5.82. The molecule has 1 unspecified atom stereocenters. The molecular formula is C10H12F3NO3. The van der Waals surface area contributed by atoms with Gasteiger partial charge in [0.1, 0.15) is 0 Å². The lowest BCUT2D eigenvalue weighted by molar-refractivity contribution is -0.187. The quantitative estimate of drug-likeness (QED) is 0.763. The topological polar surface area (TPSA) is 57.6 Å². The van der Waals surface area contributed by atoms with Crippen LogP contribution in [0.5, 0.6) is 0 Å². The second kappa shape index (κ2) is 3.61. The van der Waals surface area contributed by atoms with Gasteiger partial charge in [0, 0.05) is 13.1 Å². The van der Waals surface area contributed by atoms with Crippen molar-refractivity contribution in [1.82, 2.24) is 4.90 Å². The molecule has 1 saturated heterocycles. The van der Waals surface area contributed by atoms with E-state index in [0.717, 1.165) is 4.90 Å². The first kappa shape index (κ1) is 12.2. The number of nitrogens with zero attached hydrogens (tertiary/aromatic N) is 1. The molecular weight excluding hydrogens is 239 g/mol. The Morgan fingerprint density at radius 2 is 1.76 bits per heavy atom. The van der Waals surface area contributed by atoms with Crippen molar-refractivity contribution in [3.8, 4) is 0 Å². The van der Waals surface area contributed by atoms with Crippen molar-refractivity contribution in [2.45, 2.75) is 25.4 Å². The summed E-state index contributed by atoms with van der Waals surface area (Å²) in [6.07, 6.45) is -3.60. The number of rotatable bonds is 1. The molecule has 0 aromatic rings. The highest BCUT2D eigenvalue weighted by Gasteiger charge is 2.59. The molecule has 1 saturated carbocycles. The van der Waals surface area contributed by atoms with Crippen LogP contribution >= 0.6 is 0 Å². The smallest absolute Gasteiger partial charge is 0.471 e. The lowest BCUT2D eigenvalue weighted by Gasteiger charge is -2.32. The molecule has 7 heteroatoms. The van der Waals surface area contributed by atoms with Gasteiger partial charge in [0.05, 0.1) is 5.92 Å². The number of carbonyl (C=O) groups is 2. The first-order chi connectivity index (χ1) is 7.76.